The maximum absolute atomic E-state index is 12.0. The number of hydrogen-bond acceptors (Lipinski definition) is 5. The molecule has 1 N–H and O–H groups in total. The third-order valence-corrected chi connectivity index (χ3v) is 11.3. The molecule has 0 aliphatic heterocycles. The second-order valence-electron chi connectivity index (χ2n) is 11.4. The standard InChI is InChI=1S/C24H39NO4S/c1-15(2)30(27,28)29-25-21-11-12-22(4)18(16(21)3)8-7-17-19(22)9-13-23(5)20(17)10-14-24(23,6)26/h15,17,19-20,26H,7-14H2,1-6H3/b25-21+/t17-,19+,20+,22+,23+,24+/m1/s1. The van der Waals surface area contributed by atoms with Crippen LogP contribution in [0.3, 0.4) is 0 Å². The van der Waals surface area contributed by atoms with Crippen LogP contribution in [0, 0.1) is 28.6 Å². The van der Waals surface area contributed by atoms with E-state index in [2.05, 4.69) is 32.9 Å². The Morgan fingerprint density at radius 2 is 1.70 bits per heavy atom. The van der Waals surface area contributed by atoms with Crippen LogP contribution in [-0.2, 0) is 14.4 Å². The summed E-state index contributed by atoms with van der Waals surface area (Å²) in [6.07, 6.45) is 8.33. The van der Waals surface area contributed by atoms with E-state index in [1.165, 1.54) is 18.4 Å². The van der Waals surface area contributed by atoms with Gasteiger partial charge in [-0.15, -0.1) is 0 Å². The van der Waals surface area contributed by atoms with E-state index >= 15 is 0 Å². The summed E-state index contributed by atoms with van der Waals surface area (Å²) < 4.78 is 29.1. The highest BCUT2D eigenvalue weighted by molar-refractivity contribution is 7.87. The number of oxime groups is 1. The van der Waals surface area contributed by atoms with Crippen molar-refractivity contribution in [1.29, 1.82) is 0 Å². The molecule has 0 radical (unpaired) electrons. The quantitative estimate of drug-likeness (QED) is 0.616. The Morgan fingerprint density at radius 1 is 1.03 bits per heavy atom. The Bertz CT molecular complexity index is 887. The molecule has 0 spiro atoms. The van der Waals surface area contributed by atoms with Crippen LogP contribution in [0.5, 0.6) is 0 Å². The number of hydrogen-bond donors (Lipinski definition) is 1. The van der Waals surface area contributed by atoms with Crippen molar-refractivity contribution in [3.8, 4) is 0 Å². The molecule has 3 fully saturated rings. The van der Waals surface area contributed by atoms with Crippen LogP contribution in [0.4, 0.5) is 0 Å². The predicted octanol–water partition coefficient (Wildman–Crippen LogP) is 5.20. The first-order valence-electron chi connectivity index (χ1n) is 11.8. The lowest BCUT2D eigenvalue weighted by molar-refractivity contribution is -0.117. The molecule has 0 aromatic carbocycles. The van der Waals surface area contributed by atoms with Crippen molar-refractivity contribution in [3.05, 3.63) is 11.1 Å². The van der Waals surface area contributed by atoms with E-state index in [1.807, 2.05) is 0 Å². The zero-order chi connectivity index (χ0) is 22.1. The van der Waals surface area contributed by atoms with Gasteiger partial charge in [0.2, 0.25) is 0 Å². The normalized spacial score (nSPS) is 45.3. The SMILES string of the molecule is CC1=C2CC[C@@H]3[C@H](CC[C@@]4(C)[C@H]3CC[C@]4(C)O)[C@@]2(C)CC/C1=N\OS(=O)(=O)C(C)C. The fourth-order valence-corrected chi connectivity index (χ4v) is 7.90. The molecule has 0 amide bonds. The van der Waals surface area contributed by atoms with Crippen LogP contribution in [0.2, 0.25) is 0 Å². The van der Waals surface area contributed by atoms with E-state index < -0.39 is 21.0 Å². The van der Waals surface area contributed by atoms with E-state index in [9.17, 15) is 13.5 Å². The molecule has 4 aliphatic carbocycles. The van der Waals surface area contributed by atoms with Crippen molar-refractivity contribution < 1.29 is 17.8 Å². The van der Waals surface area contributed by atoms with Crippen LogP contribution >= 0.6 is 0 Å². The van der Waals surface area contributed by atoms with Crippen molar-refractivity contribution in [2.24, 2.45) is 33.7 Å². The van der Waals surface area contributed by atoms with E-state index in [4.69, 9.17) is 4.28 Å². The molecule has 5 nitrogen and oxygen atoms in total. The Hall–Kier alpha value is -0.880. The molecule has 0 aromatic rings. The molecular formula is C24H39NO4S. The predicted molar refractivity (Wildman–Crippen MR) is 120 cm³/mol. The highest BCUT2D eigenvalue weighted by atomic mass is 32.2. The minimum atomic E-state index is -3.65. The minimum absolute atomic E-state index is 0.0428. The summed E-state index contributed by atoms with van der Waals surface area (Å²) in [5, 5.41) is 14.6. The molecule has 4 rings (SSSR count). The number of nitrogens with zero attached hydrogens (tertiary/aromatic N) is 1. The Kier molecular flexibility index (Phi) is 5.25. The van der Waals surface area contributed by atoms with Crippen molar-refractivity contribution in [2.45, 2.75) is 104 Å². The number of fused-ring (bicyclic) bond motifs is 5. The summed E-state index contributed by atoms with van der Waals surface area (Å²) in [6.45, 7) is 12.1. The molecule has 0 unspecified atom stereocenters. The summed E-state index contributed by atoms with van der Waals surface area (Å²) in [5.41, 5.74) is 3.07. The van der Waals surface area contributed by atoms with Crippen LogP contribution < -0.4 is 0 Å². The van der Waals surface area contributed by atoms with Crippen LogP contribution in [-0.4, -0.2) is 30.1 Å². The van der Waals surface area contributed by atoms with E-state index in [-0.39, 0.29) is 10.8 Å². The topological polar surface area (TPSA) is 76.0 Å². The van der Waals surface area contributed by atoms with Crippen LogP contribution in [0.15, 0.2) is 16.3 Å². The lowest BCUT2D eigenvalue weighted by atomic mass is 9.46. The average molecular weight is 438 g/mol. The zero-order valence-corrected chi connectivity index (χ0v) is 20.3. The number of allylic oxidation sites excluding steroid dienone is 2. The number of rotatable bonds is 3. The molecule has 6 atom stereocenters. The van der Waals surface area contributed by atoms with Crippen molar-refractivity contribution >= 4 is 15.8 Å². The molecule has 170 valence electrons. The average Bonchev–Trinajstić information content (AvgIpc) is 2.90. The Balaban J connectivity index is 1.62. The van der Waals surface area contributed by atoms with Gasteiger partial charge in [0.25, 0.3) is 0 Å². The molecule has 6 heteroatoms. The fraction of sp³-hybridized carbons (Fsp3) is 0.875. The molecular weight excluding hydrogens is 398 g/mol. The maximum Gasteiger partial charge on any atom is 0.330 e. The summed E-state index contributed by atoms with van der Waals surface area (Å²) in [6, 6.07) is 0. The lowest BCUT2D eigenvalue weighted by Gasteiger charge is -2.59. The summed E-state index contributed by atoms with van der Waals surface area (Å²) in [5.74, 6) is 1.93. The second-order valence-corrected chi connectivity index (χ2v) is 13.4. The van der Waals surface area contributed by atoms with Gasteiger partial charge in [-0.1, -0.05) is 24.6 Å². The first kappa shape index (κ1) is 22.3. The maximum atomic E-state index is 12.0. The van der Waals surface area contributed by atoms with Gasteiger partial charge < -0.3 is 5.11 Å². The zero-order valence-electron chi connectivity index (χ0n) is 19.5. The van der Waals surface area contributed by atoms with E-state index in [0.717, 1.165) is 49.8 Å². The van der Waals surface area contributed by atoms with Gasteiger partial charge in [0.05, 0.1) is 16.6 Å². The van der Waals surface area contributed by atoms with Crippen molar-refractivity contribution in [2.75, 3.05) is 0 Å². The summed E-state index contributed by atoms with van der Waals surface area (Å²) >= 11 is 0. The second kappa shape index (κ2) is 7.06. The van der Waals surface area contributed by atoms with Crippen molar-refractivity contribution in [1.82, 2.24) is 0 Å². The molecule has 0 aromatic heterocycles. The smallest absolute Gasteiger partial charge is 0.330 e. The Morgan fingerprint density at radius 3 is 2.37 bits per heavy atom. The van der Waals surface area contributed by atoms with Gasteiger partial charge in [0.15, 0.2) is 0 Å². The molecule has 0 bridgehead atoms. The van der Waals surface area contributed by atoms with E-state index in [1.54, 1.807) is 13.8 Å². The third kappa shape index (κ3) is 3.11. The molecule has 4 aliphatic rings. The highest BCUT2D eigenvalue weighted by Crippen LogP contribution is 2.67. The largest absolute Gasteiger partial charge is 0.390 e. The Labute approximate surface area is 182 Å². The molecule has 0 heterocycles. The van der Waals surface area contributed by atoms with Gasteiger partial charge in [-0.2, -0.15) is 8.42 Å². The third-order valence-electron chi connectivity index (χ3n) is 9.83. The highest BCUT2D eigenvalue weighted by Gasteiger charge is 2.62. The summed E-state index contributed by atoms with van der Waals surface area (Å²) in [7, 11) is -3.65. The van der Waals surface area contributed by atoms with Gasteiger partial charge >= 0.3 is 10.1 Å². The van der Waals surface area contributed by atoms with Crippen molar-refractivity contribution in [3.63, 3.8) is 0 Å². The summed E-state index contributed by atoms with van der Waals surface area (Å²) in [4.78, 5) is 0. The first-order chi connectivity index (χ1) is 13.8. The fourth-order valence-electron chi connectivity index (χ4n) is 7.53. The lowest BCUT2D eigenvalue weighted by Crippen LogP contribution is -2.54. The molecule has 30 heavy (non-hydrogen) atoms. The van der Waals surface area contributed by atoms with Gasteiger partial charge in [0.1, 0.15) is 0 Å². The van der Waals surface area contributed by atoms with E-state index in [0.29, 0.717) is 17.8 Å². The monoisotopic (exact) mass is 437 g/mol. The van der Waals surface area contributed by atoms with Gasteiger partial charge in [-0.05, 0) is 113 Å². The van der Waals surface area contributed by atoms with Crippen LogP contribution in [0.25, 0.3) is 0 Å². The van der Waals surface area contributed by atoms with Gasteiger partial charge in [-0.3, -0.25) is 4.28 Å². The van der Waals surface area contributed by atoms with Gasteiger partial charge in [0, 0.05) is 0 Å². The molecule has 3 saturated carbocycles. The number of aliphatic hydroxyl groups is 1. The van der Waals surface area contributed by atoms with Crippen LogP contribution in [0.1, 0.15) is 92.9 Å². The van der Waals surface area contributed by atoms with Gasteiger partial charge in [-0.25, -0.2) is 0 Å². The molecule has 0 saturated heterocycles. The first-order valence-corrected chi connectivity index (χ1v) is 13.2. The minimum Gasteiger partial charge on any atom is -0.390 e.